The largest absolute Gasteiger partial charge is 0.492 e. The van der Waals surface area contributed by atoms with Crippen molar-refractivity contribution in [3.63, 3.8) is 0 Å². The lowest BCUT2D eigenvalue weighted by Gasteiger charge is -2.25. The zero-order valence-corrected chi connectivity index (χ0v) is 12.1. The molecule has 1 fully saturated rings. The number of nitrogens with one attached hydrogen (secondary N) is 1. The summed E-state index contributed by atoms with van der Waals surface area (Å²) in [5.74, 6) is 0.971. The molecule has 3 heteroatoms. The molecule has 1 heterocycles. The van der Waals surface area contributed by atoms with Crippen molar-refractivity contribution in [3.05, 3.63) is 30.3 Å². The average molecular weight is 262 g/mol. The molecule has 0 aromatic heterocycles. The van der Waals surface area contributed by atoms with Crippen LogP contribution >= 0.6 is 0 Å². The maximum atomic E-state index is 5.78. The molecule has 0 spiro atoms. The lowest BCUT2D eigenvalue weighted by molar-refractivity contribution is 0.192. The van der Waals surface area contributed by atoms with Crippen LogP contribution in [0.1, 0.15) is 26.7 Å². The molecule has 19 heavy (non-hydrogen) atoms. The van der Waals surface area contributed by atoms with E-state index >= 15 is 0 Å². The Morgan fingerprint density at radius 1 is 1.32 bits per heavy atom. The molecule has 0 amide bonds. The monoisotopic (exact) mass is 262 g/mol. The molecule has 0 radical (unpaired) electrons. The third kappa shape index (κ3) is 4.84. The highest BCUT2D eigenvalue weighted by Gasteiger charge is 2.23. The van der Waals surface area contributed by atoms with Gasteiger partial charge in [0.15, 0.2) is 0 Å². The van der Waals surface area contributed by atoms with Gasteiger partial charge < -0.3 is 10.1 Å². The zero-order valence-electron chi connectivity index (χ0n) is 12.1. The Labute approximate surface area is 116 Å². The van der Waals surface area contributed by atoms with Gasteiger partial charge in [0, 0.05) is 25.2 Å². The summed E-state index contributed by atoms with van der Waals surface area (Å²) < 4.78 is 5.78. The minimum absolute atomic E-state index is 0.572. The van der Waals surface area contributed by atoms with Crippen LogP contribution in [-0.2, 0) is 0 Å². The fraction of sp³-hybridized carbons (Fsp3) is 0.625. The van der Waals surface area contributed by atoms with E-state index in [0.29, 0.717) is 12.1 Å². The number of likely N-dealkylation sites (tertiary alicyclic amines) is 1. The van der Waals surface area contributed by atoms with Crippen molar-refractivity contribution in [1.29, 1.82) is 0 Å². The van der Waals surface area contributed by atoms with Crippen LogP contribution in [0.25, 0.3) is 0 Å². The molecule has 1 unspecified atom stereocenters. The minimum atomic E-state index is 0.572. The van der Waals surface area contributed by atoms with Gasteiger partial charge in [-0.2, -0.15) is 0 Å². The average Bonchev–Trinajstić information content (AvgIpc) is 2.85. The highest BCUT2D eigenvalue weighted by Crippen LogP contribution is 2.16. The van der Waals surface area contributed by atoms with Gasteiger partial charge in [-0.25, -0.2) is 0 Å². The van der Waals surface area contributed by atoms with Crippen molar-refractivity contribution in [2.24, 2.45) is 0 Å². The molecule has 1 aliphatic rings. The quantitative estimate of drug-likeness (QED) is 0.817. The Hall–Kier alpha value is -1.06. The molecule has 1 aromatic rings. The van der Waals surface area contributed by atoms with Crippen molar-refractivity contribution in [2.75, 3.05) is 26.2 Å². The summed E-state index contributed by atoms with van der Waals surface area (Å²) in [4.78, 5) is 2.55. The van der Waals surface area contributed by atoms with E-state index in [2.05, 4.69) is 24.1 Å². The summed E-state index contributed by atoms with van der Waals surface area (Å²) >= 11 is 0. The second kappa shape index (κ2) is 7.51. The SMILES string of the molecule is CC(C)NCC1CCCN1CCOc1ccccc1. The maximum Gasteiger partial charge on any atom is 0.119 e. The van der Waals surface area contributed by atoms with Crippen LogP contribution in [-0.4, -0.2) is 43.2 Å². The molecule has 1 aliphatic heterocycles. The van der Waals surface area contributed by atoms with Crippen LogP contribution in [0.3, 0.4) is 0 Å². The standard InChI is InChI=1S/C16H26N2O/c1-14(2)17-13-15-7-6-10-18(15)11-12-19-16-8-4-3-5-9-16/h3-5,8-9,14-15,17H,6-7,10-13H2,1-2H3. The minimum Gasteiger partial charge on any atom is -0.492 e. The van der Waals surface area contributed by atoms with Crippen molar-refractivity contribution in [2.45, 2.75) is 38.8 Å². The van der Waals surface area contributed by atoms with Crippen molar-refractivity contribution < 1.29 is 4.74 Å². The second-order valence-corrected chi connectivity index (χ2v) is 5.56. The molecule has 2 rings (SSSR count). The van der Waals surface area contributed by atoms with Crippen molar-refractivity contribution >= 4 is 0 Å². The number of nitrogens with zero attached hydrogens (tertiary/aromatic N) is 1. The van der Waals surface area contributed by atoms with Gasteiger partial charge in [-0.1, -0.05) is 32.0 Å². The van der Waals surface area contributed by atoms with Gasteiger partial charge in [0.1, 0.15) is 12.4 Å². The Morgan fingerprint density at radius 2 is 2.11 bits per heavy atom. The number of para-hydroxylation sites is 1. The number of rotatable bonds is 7. The highest BCUT2D eigenvalue weighted by molar-refractivity contribution is 5.20. The Balaban J connectivity index is 1.69. The van der Waals surface area contributed by atoms with Gasteiger partial charge in [-0.15, -0.1) is 0 Å². The summed E-state index contributed by atoms with van der Waals surface area (Å²) in [6.07, 6.45) is 2.63. The summed E-state index contributed by atoms with van der Waals surface area (Å²) in [7, 11) is 0. The smallest absolute Gasteiger partial charge is 0.119 e. The normalized spacial score (nSPS) is 20.1. The molecule has 1 atom stereocenters. The van der Waals surface area contributed by atoms with Gasteiger partial charge in [-0.05, 0) is 31.5 Å². The molecular weight excluding hydrogens is 236 g/mol. The van der Waals surface area contributed by atoms with Gasteiger partial charge in [0.05, 0.1) is 0 Å². The number of benzene rings is 1. The summed E-state index contributed by atoms with van der Waals surface area (Å²) in [6.45, 7) is 8.53. The van der Waals surface area contributed by atoms with Gasteiger partial charge >= 0.3 is 0 Å². The van der Waals surface area contributed by atoms with Gasteiger partial charge in [0.2, 0.25) is 0 Å². The molecule has 1 saturated heterocycles. The number of ether oxygens (including phenoxy) is 1. The van der Waals surface area contributed by atoms with E-state index in [1.54, 1.807) is 0 Å². The van der Waals surface area contributed by atoms with E-state index in [4.69, 9.17) is 4.74 Å². The first kappa shape index (κ1) is 14.4. The van der Waals surface area contributed by atoms with Gasteiger partial charge in [0.25, 0.3) is 0 Å². The van der Waals surface area contributed by atoms with Crippen molar-refractivity contribution in [1.82, 2.24) is 10.2 Å². The first-order valence-corrected chi connectivity index (χ1v) is 7.41. The highest BCUT2D eigenvalue weighted by atomic mass is 16.5. The van der Waals surface area contributed by atoms with Crippen LogP contribution in [0, 0.1) is 0 Å². The summed E-state index contributed by atoms with van der Waals surface area (Å²) in [5.41, 5.74) is 0. The topological polar surface area (TPSA) is 24.5 Å². The molecular formula is C16H26N2O. The van der Waals surface area contributed by atoms with Crippen LogP contribution < -0.4 is 10.1 Å². The lowest BCUT2D eigenvalue weighted by atomic mass is 10.2. The van der Waals surface area contributed by atoms with E-state index in [1.807, 2.05) is 30.3 Å². The van der Waals surface area contributed by atoms with Gasteiger partial charge in [-0.3, -0.25) is 4.90 Å². The van der Waals surface area contributed by atoms with Crippen molar-refractivity contribution in [3.8, 4) is 5.75 Å². The number of hydrogen-bond donors (Lipinski definition) is 1. The second-order valence-electron chi connectivity index (χ2n) is 5.56. The Kier molecular flexibility index (Phi) is 5.67. The molecule has 0 saturated carbocycles. The lowest BCUT2D eigenvalue weighted by Crippen LogP contribution is -2.41. The van der Waals surface area contributed by atoms with Crippen LogP contribution in [0.4, 0.5) is 0 Å². The zero-order chi connectivity index (χ0) is 13.5. The summed E-state index contributed by atoms with van der Waals surface area (Å²) in [5, 5.41) is 3.54. The molecule has 3 nitrogen and oxygen atoms in total. The number of hydrogen-bond acceptors (Lipinski definition) is 3. The Bertz CT molecular complexity index is 353. The third-order valence-corrected chi connectivity index (χ3v) is 3.65. The first-order valence-electron chi connectivity index (χ1n) is 7.41. The van der Waals surface area contributed by atoms with E-state index in [9.17, 15) is 0 Å². The third-order valence-electron chi connectivity index (χ3n) is 3.65. The van der Waals surface area contributed by atoms with Crippen LogP contribution in [0.2, 0.25) is 0 Å². The Morgan fingerprint density at radius 3 is 2.84 bits per heavy atom. The fourth-order valence-corrected chi connectivity index (χ4v) is 2.59. The molecule has 1 N–H and O–H groups in total. The predicted octanol–water partition coefficient (Wildman–Crippen LogP) is 2.53. The molecule has 0 bridgehead atoms. The van der Waals surface area contributed by atoms with Crippen LogP contribution in [0.15, 0.2) is 30.3 Å². The first-order chi connectivity index (χ1) is 9.25. The fourth-order valence-electron chi connectivity index (χ4n) is 2.59. The van der Waals surface area contributed by atoms with E-state index in [0.717, 1.165) is 25.4 Å². The van der Waals surface area contributed by atoms with E-state index < -0.39 is 0 Å². The molecule has 1 aromatic carbocycles. The summed E-state index contributed by atoms with van der Waals surface area (Å²) in [6, 6.07) is 11.3. The molecule has 106 valence electrons. The van der Waals surface area contributed by atoms with Crippen LogP contribution in [0.5, 0.6) is 5.75 Å². The predicted molar refractivity (Wildman–Crippen MR) is 79.7 cm³/mol. The maximum absolute atomic E-state index is 5.78. The van der Waals surface area contributed by atoms with E-state index in [1.165, 1.54) is 19.4 Å². The van der Waals surface area contributed by atoms with E-state index in [-0.39, 0.29) is 0 Å². The molecule has 0 aliphatic carbocycles.